The fourth-order valence-electron chi connectivity index (χ4n) is 1.60. The van der Waals surface area contributed by atoms with E-state index >= 15 is 0 Å². The van der Waals surface area contributed by atoms with Gasteiger partial charge in [0.25, 0.3) is 0 Å². The number of carbonyl (C=O) groups is 1. The van der Waals surface area contributed by atoms with E-state index in [9.17, 15) is 9.90 Å². The molecule has 0 atom stereocenters. The van der Waals surface area contributed by atoms with Crippen LogP contribution in [0.3, 0.4) is 0 Å². The monoisotopic (exact) mass is 252 g/mol. The van der Waals surface area contributed by atoms with Crippen LogP contribution < -0.4 is 11.1 Å². The summed E-state index contributed by atoms with van der Waals surface area (Å²) in [5.41, 5.74) is 6.01. The van der Waals surface area contributed by atoms with Gasteiger partial charge in [-0.25, -0.2) is 0 Å². The van der Waals surface area contributed by atoms with Crippen molar-refractivity contribution in [3.63, 3.8) is 0 Å². The second-order valence-corrected chi connectivity index (χ2v) is 4.16. The molecule has 1 aromatic carbocycles. The number of nitrogens with one attached hydrogen (secondary N) is 1. The number of rotatable bonds is 7. The zero-order valence-corrected chi connectivity index (χ0v) is 10.4. The molecule has 0 saturated carbocycles. The second kappa shape index (κ2) is 7.55. The minimum Gasteiger partial charge on any atom is -0.508 e. The van der Waals surface area contributed by atoms with Gasteiger partial charge in [0.05, 0.1) is 0 Å². The molecule has 0 fully saturated rings. The predicted molar refractivity (Wildman–Crippen MR) is 69.4 cm³/mol. The Hall–Kier alpha value is -1.75. The predicted octanol–water partition coefficient (Wildman–Crippen LogP) is 0.885. The molecule has 0 bridgehead atoms. The van der Waals surface area contributed by atoms with E-state index in [-0.39, 0.29) is 17.4 Å². The topological polar surface area (TPSA) is 95.6 Å². The van der Waals surface area contributed by atoms with E-state index in [1.807, 2.05) is 0 Å². The second-order valence-electron chi connectivity index (χ2n) is 4.16. The number of benzene rings is 1. The molecule has 1 rings (SSSR count). The number of amides is 1. The highest BCUT2D eigenvalue weighted by Crippen LogP contribution is 2.23. The number of nitrogens with two attached hydrogens (primary N) is 1. The Labute approximate surface area is 107 Å². The highest BCUT2D eigenvalue weighted by Gasteiger charge is 2.06. The lowest BCUT2D eigenvalue weighted by molar-refractivity contribution is -0.121. The van der Waals surface area contributed by atoms with Crippen LogP contribution in [0.1, 0.15) is 24.8 Å². The van der Waals surface area contributed by atoms with Crippen molar-refractivity contribution in [3.8, 4) is 11.5 Å². The maximum Gasteiger partial charge on any atom is 0.220 e. The maximum absolute atomic E-state index is 11.5. The van der Waals surface area contributed by atoms with Crippen molar-refractivity contribution in [2.24, 2.45) is 5.73 Å². The van der Waals surface area contributed by atoms with E-state index in [2.05, 4.69) is 5.32 Å². The molecule has 0 aromatic heterocycles. The van der Waals surface area contributed by atoms with Crippen LogP contribution in [0.2, 0.25) is 0 Å². The molecule has 1 amide bonds. The van der Waals surface area contributed by atoms with Crippen molar-refractivity contribution in [2.75, 3.05) is 13.1 Å². The smallest absolute Gasteiger partial charge is 0.220 e. The first kappa shape index (κ1) is 14.3. The van der Waals surface area contributed by atoms with Gasteiger partial charge in [-0.1, -0.05) is 6.07 Å². The van der Waals surface area contributed by atoms with Crippen molar-refractivity contribution >= 4 is 5.91 Å². The van der Waals surface area contributed by atoms with Crippen molar-refractivity contribution in [1.29, 1.82) is 0 Å². The van der Waals surface area contributed by atoms with Gasteiger partial charge in [0.2, 0.25) is 5.91 Å². The normalized spacial score (nSPS) is 10.3. The third-order valence-corrected chi connectivity index (χ3v) is 2.64. The van der Waals surface area contributed by atoms with Crippen LogP contribution in [0.25, 0.3) is 0 Å². The summed E-state index contributed by atoms with van der Waals surface area (Å²) in [5.74, 6) is -0.00656. The van der Waals surface area contributed by atoms with Gasteiger partial charge in [0, 0.05) is 19.0 Å². The van der Waals surface area contributed by atoms with E-state index in [1.165, 1.54) is 12.1 Å². The number of aromatic hydroxyl groups is 2. The lowest BCUT2D eigenvalue weighted by Crippen LogP contribution is -2.25. The van der Waals surface area contributed by atoms with Gasteiger partial charge >= 0.3 is 0 Å². The van der Waals surface area contributed by atoms with Crippen LogP contribution in [0, 0.1) is 0 Å². The van der Waals surface area contributed by atoms with Crippen LogP contribution in [0.15, 0.2) is 18.2 Å². The van der Waals surface area contributed by atoms with Crippen molar-refractivity contribution in [3.05, 3.63) is 23.8 Å². The Morgan fingerprint density at radius 2 is 2.06 bits per heavy atom. The van der Waals surface area contributed by atoms with Gasteiger partial charge in [0.15, 0.2) is 0 Å². The summed E-state index contributed by atoms with van der Waals surface area (Å²) >= 11 is 0. The number of hydrogen-bond acceptors (Lipinski definition) is 4. The number of aryl methyl sites for hydroxylation is 1. The molecule has 5 heteroatoms. The van der Waals surface area contributed by atoms with Crippen LogP contribution >= 0.6 is 0 Å². The Morgan fingerprint density at radius 3 is 2.72 bits per heavy atom. The summed E-state index contributed by atoms with van der Waals surface area (Å²) in [4.78, 5) is 11.5. The van der Waals surface area contributed by atoms with Crippen LogP contribution in [0.4, 0.5) is 0 Å². The van der Waals surface area contributed by atoms with Crippen LogP contribution in [-0.2, 0) is 11.2 Å². The number of unbranched alkanes of at least 4 members (excludes halogenated alkanes) is 1. The molecular formula is C13H20N2O3. The third kappa shape index (κ3) is 5.05. The van der Waals surface area contributed by atoms with Gasteiger partial charge < -0.3 is 21.3 Å². The summed E-state index contributed by atoms with van der Waals surface area (Å²) in [6, 6.07) is 4.38. The van der Waals surface area contributed by atoms with Crippen molar-refractivity contribution < 1.29 is 15.0 Å². The van der Waals surface area contributed by atoms with Crippen LogP contribution in [-0.4, -0.2) is 29.2 Å². The average molecular weight is 252 g/mol. The first-order chi connectivity index (χ1) is 8.63. The molecule has 0 aliphatic carbocycles. The fraction of sp³-hybridized carbons (Fsp3) is 0.462. The van der Waals surface area contributed by atoms with E-state index in [4.69, 9.17) is 10.8 Å². The molecule has 0 spiro atoms. The minimum absolute atomic E-state index is 0.0162. The molecule has 0 saturated heterocycles. The molecule has 18 heavy (non-hydrogen) atoms. The van der Waals surface area contributed by atoms with Crippen molar-refractivity contribution in [1.82, 2.24) is 5.32 Å². The summed E-state index contributed by atoms with van der Waals surface area (Å²) in [5, 5.41) is 21.5. The Bertz CT molecular complexity index is 394. The van der Waals surface area contributed by atoms with Gasteiger partial charge in [-0.05, 0) is 37.4 Å². The number of phenols is 2. The maximum atomic E-state index is 11.5. The molecule has 5 nitrogen and oxygen atoms in total. The highest BCUT2D eigenvalue weighted by atomic mass is 16.3. The zero-order valence-electron chi connectivity index (χ0n) is 10.4. The molecule has 100 valence electrons. The van der Waals surface area contributed by atoms with Crippen LogP contribution in [0.5, 0.6) is 11.5 Å². The van der Waals surface area contributed by atoms with E-state index in [1.54, 1.807) is 6.07 Å². The first-order valence-electron chi connectivity index (χ1n) is 6.11. The van der Waals surface area contributed by atoms with Crippen molar-refractivity contribution in [2.45, 2.75) is 25.7 Å². The van der Waals surface area contributed by atoms with Gasteiger partial charge in [-0.3, -0.25) is 4.79 Å². The van der Waals surface area contributed by atoms with E-state index in [0.717, 1.165) is 12.8 Å². The lowest BCUT2D eigenvalue weighted by atomic mass is 10.1. The Kier molecular flexibility index (Phi) is 6.00. The Morgan fingerprint density at radius 1 is 1.28 bits per heavy atom. The summed E-state index contributed by atoms with van der Waals surface area (Å²) in [6.07, 6.45) is 2.56. The quantitative estimate of drug-likeness (QED) is 0.542. The summed E-state index contributed by atoms with van der Waals surface area (Å²) in [6.45, 7) is 1.27. The number of carbonyl (C=O) groups excluding carboxylic acids is 1. The number of hydrogen-bond donors (Lipinski definition) is 4. The lowest BCUT2D eigenvalue weighted by Gasteiger charge is -2.06. The van der Waals surface area contributed by atoms with E-state index < -0.39 is 0 Å². The fourth-order valence-corrected chi connectivity index (χ4v) is 1.60. The molecule has 0 unspecified atom stereocenters. The molecule has 5 N–H and O–H groups in total. The zero-order chi connectivity index (χ0) is 13.4. The Balaban J connectivity index is 2.29. The largest absolute Gasteiger partial charge is 0.508 e. The highest BCUT2D eigenvalue weighted by molar-refractivity contribution is 5.76. The molecule has 0 aliphatic rings. The van der Waals surface area contributed by atoms with Gasteiger partial charge in [0.1, 0.15) is 11.5 Å². The third-order valence-electron chi connectivity index (χ3n) is 2.64. The molecule has 0 aliphatic heterocycles. The summed E-state index contributed by atoms with van der Waals surface area (Å²) in [7, 11) is 0. The summed E-state index contributed by atoms with van der Waals surface area (Å²) < 4.78 is 0. The average Bonchev–Trinajstić information content (AvgIpc) is 2.33. The molecule has 1 aromatic rings. The molecular weight excluding hydrogens is 232 g/mol. The first-order valence-corrected chi connectivity index (χ1v) is 6.11. The standard InChI is InChI=1S/C13H20N2O3/c14-7-1-2-8-15-13(18)6-4-10-3-5-11(16)9-12(10)17/h3,5,9,16-17H,1-2,4,6-8,14H2,(H,15,18). The van der Waals surface area contributed by atoms with Gasteiger partial charge in [-0.15, -0.1) is 0 Å². The van der Waals surface area contributed by atoms with E-state index in [0.29, 0.717) is 31.5 Å². The molecule has 0 radical (unpaired) electrons. The minimum atomic E-state index is -0.0421. The van der Waals surface area contributed by atoms with Gasteiger partial charge in [-0.2, -0.15) is 0 Å². The molecule has 0 heterocycles. The SMILES string of the molecule is NCCCCNC(=O)CCc1ccc(O)cc1O. The number of phenolic OH excluding ortho intramolecular Hbond substituents is 2.